The fraction of sp³-hybridized carbons (Fsp3) is 0.357. The summed E-state index contributed by atoms with van der Waals surface area (Å²) in [5, 5.41) is 7.01. The zero-order valence-electron chi connectivity index (χ0n) is 12.4. The Morgan fingerprint density at radius 2 is 2.36 bits per heavy atom. The van der Waals surface area contributed by atoms with Gasteiger partial charge in [-0.15, -0.1) is 0 Å². The van der Waals surface area contributed by atoms with Crippen molar-refractivity contribution in [1.29, 1.82) is 0 Å². The minimum absolute atomic E-state index is 0.226. The minimum Gasteiger partial charge on any atom is -0.475 e. The van der Waals surface area contributed by atoms with Gasteiger partial charge in [-0.1, -0.05) is 16.8 Å². The second kappa shape index (κ2) is 7.65. The van der Waals surface area contributed by atoms with E-state index in [9.17, 15) is 4.79 Å². The van der Waals surface area contributed by atoms with Gasteiger partial charge in [0.25, 0.3) is 0 Å². The van der Waals surface area contributed by atoms with Crippen molar-refractivity contribution in [1.82, 2.24) is 20.4 Å². The van der Waals surface area contributed by atoms with Crippen LogP contribution < -0.4 is 10.1 Å². The third kappa shape index (κ3) is 4.63. The summed E-state index contributed by atoms with van der Waals surface area (Å²) in [6.07, 6.45) is 1.59. The summed E-state index contributed by atoms with van der Waals surface area (Å²) < 4.78 is 10.3. The molecule has 2 amide bonds. The number of urea groups is 1. The maximum absolute atomic E-state index is 11.9. The molecule has 1 N–H and O–H groups in total. The van der Waals surface area contributed by atoms with Crippen LogP contribution in [0, 0.1) is 6.92 Å². The molecule has 2 rings (SSSR count). The van der Waals surface area contributed by atoms with Gasteiger partial charge in [0.2, 0.25) is 5.88 Å². The molecule has 0 aliphatic carbocycles. The first-order valence-corrected chi connectivity index (χ1v) is 7.08. The number of carbonyl (C=O) groups excluding carboxylic acids is 1. The molecule has 0 fully saturated rings. The van der Waals surface area contributed by atoms with E-state index in [0.29, 0.717) is 35.4 Å². The maximum Gasteiger partial charge on any atom is 0.317 e. The highest BCUT2D eigenvalue weighted by molar-refractivity contribution is 6.31. The molecule has 0 saturated carbocycles. The Balaban J connectivity index is 1.70. The predicted molar refractivity (Wildman–Crippen MR) is 80.8 cm³/mol. The molecule has 22 heavy (non-hydrogen) atoms. The number of rotatable bonds is 6. The number of hydrogen-bond donors (Lipinski definition) is 1. The first-order valence-electron chi connectivity index (χ1n) is 6.70. The summed E-state index contributed by atoms with van der Waals surface area (Å²) in [5.74, 6) is 1.06. The summed E-state index contributed by atoms with van der Waals surface area (Å²) in [7, 11) is 1.68. The Morgan fingerprint density at radius 3 is 3.05 bits per heavy atom. The topological polar surface area (TPSA) is 80.5 Å². The van der Waals surface area contributed by atoms with Crippen LogP contribution in [0.2, 0.25) is 5.02 Å². The fourth-order valence-electron chi connectivity index (χ4n) is 1.73. The van der Waals surface area contributed by atoms with Crippen molar-refractivity contribution in [2.45, 2.75) is 13.5 Å². The highest BCUT2D eigenvalue weighted by atomic mass is 35.5. The van der Waals surface area contributed by atoms with Crippen LogP contribution in [0.1, 0.15) is 11.5 Å². The van der Waals surface area contributed by atoms with Crippen molar-refractivity contribution >= 4 is 17.6 Å². The lowest BCUT2D eigenvalue weighted by Gasteiger charge is -2.16. The summed E-state index contributed by atoms with van der Waals surface area (Å²) in [6, 6.07) is 4.97. The summed E-state index contributed by atoms with van der Waals surface area (Å²) in [4.78, 5) is 17.4. The number of nitrogens with one attached hydrogen (secondary N) is 1. The number of carbonyl (C=O) groups is 1. The van der Waals surface area contributed by atoms with E-state index in [1.165, 1.54) is 4.90 Å². The molecule has 0 atom stereocenters. The van der Waals surface area contributed by atoms with Gasteiger partial charge in [0.05, 0.1) is 13.1 Å². The Hall–Kier alpha value is -2.28. The van der Waals surface area contributed by atoms with Crippen molar-refractivity contribution in [3.05, 3.63) is 40.9 Å². The van der Waals surface area contributed by atoms with Crippen molar-refractivity contribution in [2.24, 2.45) is 0 Å². The smallest absolute Gasteiger partial charge is 0.317 e. The zero-order chi connectivity index (χ0) is 15.9. The van der Waals surface area contributed by atoms with Crippen molar-refractivity contribution < 1.29 is 14.1 Å². The van der Waals surface area contributed by atoms with Crippen LogP contribution in [0.15, 0.2) is 28.9 Å². The third-order valence-corrected chi connectivity index (χ3v) is 3.05. The van der Waals surface area contributed by atoms with E-state index in [-0.39, 0.29) is 12.6 Å². The maximum atomic E-state index is 11.9. The van der Waals surface area contributed by atoms with E-state index in [1.54, 1.807) is 38.4 Å². The van der Waals surface area contributed by atoms with Crippen molar-refractivity contribution in [2.75, 3.05) is 20.2 Å². The average Bonchev–Trinajstić information content (AvgIpc) is 2.90. The SMILES string of the molecule is Cc1cc(CN(C)C(=O)NCCOc2ncccc2Cl)no1. The zero-order valence-corrected chi connectivity index (χ0v) is 13.1. The summed E-state index contributed by atoms with van der Waals surface area (Å²) >= 11 is 5.91. The molecule has 0 unspecified atom stereocenters. The van der Waals surface area contributed by atoms with Crippen LogP contribution in [0.25, 0.3) is 0 Å². The van der Waals surface area contributed by atoms with E-state index in [2.05, 4.69) is 15.5 Å². The normalized spacial score (nSPS) is 10.3. The van der Waals surface area contributed by atoms with E-state index in [0.717, 1.165) is 0 Å². The molecule has 2 heterocycles. The average molecular weight is 325 g/mol. The number of aromatic nitrogens is 2. The van der Waals surface area contributed by atoms with Crippen LogP contribution in [0.3, 0.4) is 0 Å². The lowest BCUT2D eigenvalue weighted by Crippen LogP contribution is -2.38. The number of amides is 2. The van der Waals surface area contributed by atoms with Gasteiger partial charge in [0, 0.05) is 19.3 Å². The molecule has 118 valence electrons. The van der Waals surface area contributed by atoms with Gasteiger partial charge < -0.3 is 19.5 Å². The molecular formula is C14H17ClN4O3. The molecule has 0 bridgehead atoms. The first-order chi connectivity index (χ1) is 10.6. The minimum atomic E-state index is -0.226. The Kier molecular flexibility index (Phi) is 5.60. The van der Waals surface area contributed by atoms with Gasteiger partial charge in [-0.25, -0.2) is 9.78 Å². The van der Waals surface area contributed by atoms with Gasteiger partial charge in [0.15, 0.2) is 0 Å². The van der Waals surface area contributed by atoms with Crippen LogP contribution >= 0.6 is 11.6 Å². The number of nitrogens with zero attached hydrogens (tertiary/aromatic N) is 3. The van der Waals surface area contributed by atoms with Gasteiger partial charge in [-0.05, 0) is 19.1 Å². The molecule has 2 aromatic heterocycles. The van der Waals surface area contributed by atoms with Crippen molar-refractivity contribution in [3.63, 3.8) is 0 Å². The van der Waals surface area contributed by atoms with Gasteiger partial charge >= 0.3 is 6.03 Å². The van der Waals surface area contributed by atoms with E-state index in [4.69, 9.17) is 20.9 Å². The molecule has 0 aliphatic rings. The van der Waals surface area contributed by atoms with Gasteiger partial charge in [0.1, 0.15) is 23.1 Å². The molecule has 2 aromatic rings. The summed E-state index contributed by atoms with van der Waals surface area (Å²) in [6.45, 7) is 2.79. The molecule has 0 aromatic carbocycles. The molecule has 7 nitrogen and oxygen atoms in total. The molecule has 0 spiro atoms. The number of ether oxygens (including phenoxy) is 1. The van der Waals surface area contributed by atoms with E-state index >= 15 is 0 Å². The van der Waals surface area contributed by atoms with Crippen LogP contribution in [0.5, 0.6) is 5.88 Å². The molecule has 0 radical (unpaired) electrons. The Morgan fingerprint density at radius 1 is 1.55 bits per heavy atom. The number of hydrogen-bond acceptors (Lipinski definition) is 5. The number of halogens is 1. The predicted octanol–water partition coefficient (Wildman–Crippen LogP) is 2.25. The Labute approximate surface area is 133 Å². The third-order valence-electron chi connectivity index (χ3n) is 2.76. The monoisotopic (exact) mass is 324 g/mol. The number of pyridine rings is 1. The first kappa shape index (κ1) is 16.1. The lowest BCUT2D eigenvalue weighted by molar-refractivity contribution is 0.202. The lowest BCUT2D eigenvalue weighted by atomic mass is 10.3. The van der Waals surface area contributed by atoms with E-state index < -0.39 is 0 Å². The largest absolute Gasteiger partial charge is 0.475 e. The molecule has 0 aliphatic heterocycles. The van der Waals surface area contributed by atoms with Crippen molar-refractivity contribution in [3.8, 4) is 5.88 Å². The van der Waals surface area contributed by atoms with E-state index in [1.807, 2.05) is 0 Å². The molecule has 0 saturated heterocycles. The van der Waals surface area contributed by atoms with Crippen LogP contribution in [-0.2, 0) is 6.54 Å². The van der Waals surface area contributed by atoms with Gasteiger partial charge in [-0.2, -0.15) is 0 Å². The summed E-state index contributed by atoms with van der Waals surface area (Å²) in [5.41, 5.74) is 0.701. The Bertz CT molecular complexity index is 632. The fourth-order valence-corrected chi connectivity index (χ4v) is 1.90. The van der Waals surface area contributed by atoms with Crippen LogP contribution in [-0.4, -0.2) is 41.3 Å². The standard InChI is InChI=1S/C14H17ClN4O3/c1-10-8-11(18-22-10)9-19(2)14(20)17-6-7-21-13-12(15)4-3-5-16-13/h3-5,8H,6-7,9H2,1-2H3,(H,17,20). The molecular weight excluding hydrogens is 308 g/mol. The second-order valence-electron chi connectivity index (χ2n) is 4.66. The highest BCUT2D eigenvalue weighted by Gasteiger charge is 2.11. The quantitative estimate of drug-likeness (QED) is 0.824. The van der Waals surface area contributed by atoms with Crippen LogP contribution in [0.4, 0.5) is 4.79 Å². The number of aryl methyl sites for hydroxylation is 1. The highest BCUT2D eigenvalue weighted by Crippen LogP contribution is 2.19. The molecule has 8 heteroatoms. The van der Waals surface area contributed by atoms with Gasteiger partial charge in [-0.3, -0.25) is 0 Å². The second-order valence-corrected chi connectivity index (χ2v) is 5.06.